The second-order valence-corrected chi connectivity index (χ2v) is 4.86. The van der Waals surface area contributed by atoms with Crippen LogP contribution < -0.4 is 5.32 Å². The van der Waals surface area contributed by atoms with Gasteiger partial charge in [0.25, 0.3) is 0 Å². The third-order valence-corrected chi connectivity index (χ3v) is 3.59. The van der Waals surface area contributed by atoms with Gasteiger partial charge in [-0.1, -0.05) is 18.6 Å². The fourth-order valence-electron chi connectivity index (χ4n) is 2.26. The van der Waals surface area contributed by atoms with Crippen LogP contribution in [0.25, 0.3) is 0 Å². The van der Waals surface area contributed by atoms with Crippen LogP contribution in [0.2, 0.25) is 0 Å². The summed E-state index contributed by atoms with van der Waals surface area (Å²) in [4.78, 5) is 23.2. The van der Waals surface area contributed by atoms with E-state index in [1.807, 2.05) is 0 Å². The molecule has 4 nitrogen and oxygen atoms in total. The maximum atomic E-state index is 12.2. The standard InChI is InChI=1S/C14H21NO3/c1-3-5-7-11(12(16)17)15-13(18)14(8-4-2)9-6-10-14/h3-4,11H,1-2,5-10H2,(H,15,18)(H,16,17). The Balaban J connectivity index is 2.62. The van der Waals surface area contributed by atoms with Crippen molar-refractivity contribution in [1.82, 2.24) is 5.32 Å². The lowest BCUT2D eigenvalue weighted by Gasteiger charge is -2.40. The fraction of sp³-hybridized carbons (Fsp3) is 0.571. The topological polar surface area (TPSA) is 66.4 Å². The molecule has 0 spiro atoms. The van der Waals surface area contributed by atoms with Gasteiger partial charge in [-0.2, -0.15) is 0 Å². The predicted molar refractivity (Wildman–Crippen MR) is 70.1 cm³/mol. The zero-order valence-electron chi connectivity index (χ0n) is 10.7. The quantitative estimate of drug-likeness (QED) is 0.650. The summed E-state index contributed by atoms with van der Waals surface area (Å²) in [5, 5.41) is 11.7. The molecule has 1 atom stereocenters. The minimum atomic E-state index is -0.988. The Kier molecular flexibility index (Phi) is 5.13. The Morgan fingerprint density at radius 3 is 2.39 bits per heavy atom. The van der Waals surface area contributed by atoms with Crippen LogP contribution in [-0.4, -0.2) is 23.0 Å². The van der Waals surface area contributed by atoms with E-state index in [2.05, 4.69) is 18.5 Å². The normalized spacial score (nSPS) is 18.2. The summed E-state index contributed by atoms with van der Waals surface area (Å²) < 4.78 is 0. The van der Waals surface area contributed by atoms with Crippen LogP contribution in [0.5, 0.6) is 0 Å². The number of carboxylic acid groups (broad SMARTS) is 1. The Morgan fingerprint density at radius 1 is 1.33 bits per heavy atom. The van der Waals surface area contributed by atoms with Gasteiger partial charge in [0.2, 0.25) is 5.91 Å². The van der Waals surface area contributed by atoms with Gasteiger partial charge in [0.1, 0.15) is 6.04 Å². The molecular formula is C14H21NO3. The maximum absolute atomic E-state index is 12.2. The molecule has 1 fully saturated rings. The van der Waals surface area contributed by atoms with Gasteiger partial charge in [0, 0.05) is 0 Å². The van der Waals surface area contributed by atoms with Crippen LogP contribution in [0.4, 0.5) is 0 Å². The predicted octanol–water partition coefficient (Wildman–Crippen LogP) is 2.27. The molecule has 0 aromatic heterocycles. The van der Waals surface area contributed by atoms with Crippen molar-refractivity contribution in [2.75, 3.05) is 0 Å². The number of carbonyl (C=O) groups is 2. The number of hydrogen-bond donors (Lipinski definition) is 2. The highest BCUT2D eigenvalue weighted by Crippen LogP contribution is 2.44. The molecule has 1 rings (SSSR count). The minimum absolute atomic E-state index is 0.148. The molecule has 1 aliphatic carbocycles. The molecule has 0 aromatic rings. The first kappa shape index (κ1) is 14.5. The van der Waals surface area contributed by atoms with E-state index in [-0.39, 0.29) is 5.91 Å². The summed E-state index contributed by atoms with van der Waals surface area (Å²) in [6.07, 6.45) is 7.62. The zero-order valence-corrected chi connectivity index (χ0v) is 10.7. The molecule has 0 aromatic carbocycles. The first-order chi connectivity index (χ1) is 8.55. The summed E-state index contributed by atoms with van der Waals surface area (Å²) in [6.45, 7) is 7.22. The molecular weight excluding hydrogens is 230 g/mol. The van der Waals surface area contributed by atoms with Crippen LogP contribution in [0.15, 0.2) is 25.3 Å². The SMILES string of the molecule is C=CCCC(NC(=O)C1(CC=C)CCC1)C(=O)O. The van der Waals surface area contributed by atoms with Crippen LogP contribution in [0.3, 0.4) is 0 Å². The van der Waals surface area contributed by atoms with Crippen LogP contribution in [0.1, 0.15) is 38.5 Å². The summed E-state index contributed by atoms with van der Waals surface area (Å²) in [5.74, 6) is -1.14. The Morgan fingerprint density at radius 2 is 2.00 bits per heavy atom. The van der Waals surface area contributed by atoms with Crippen LogP contribution >= 0.6 is 0 Å². The number of nitrogens with one attached hydrogen (secondary N) is 1. The molecule has 0 aliphatic heterocycles. The van der Waals surface area contributed by atoms with Crippen molar-refractivity contribution in [3.63, 3.8) is 0 Å². The van der Waals surface area contributed by atoms with E-state index in [1.165, 1.54) is 0 Å². The molecule has 100 valence electrons. The summed E-state index contributed by atoms with van der Waals surface area (Å²) >= 11 is 0. The highest BCUT2D eigenvalue weighted by atomic mass is 16.4. The van der Waals surface area contributed by atoms with Gasteiger partial charge in [-0.3, -0.25) is 4.79 Å². The molecule has 0 bridgehead atoms. The number of carbonyl (C=O) groups excluding carboxylic acids is 1. The van der Waals surface area contributed by atoms with Crippen molar-refractivity contribution in [2.24, 2.45) is 5.41 Å². The van der Waals surface area contributed by atoms with E-state index < -0.39 is 17.4 Å². The average molecular weight is 251 g/mol. The molecule has 0 radical (unpaired) electrons. The Labute approximate surface area is 108 Å². The van der Waals surface area contributed by atoms with Crippen molar-refractivity contribution in [2.45, 2.75) is 44.6 Å². The smallest absolute Gasteiger partial charge is 0.326 e. The van der Waals surface area contributed by atoms with Gasteiger partial charge in [-0.15, -0.1) is 13.2 Å². The summed E-state index contributed by atoms with van der Waals surface area (Å²) in [7, 11) is 0. The van der Waals surface area contributed by atoms with Crippen molar-refractivity contribution in [3.05, 3.63) is 25.3 Å². The molecule has 1 amide bonds. The third-order valence-electron chi connectivity index (χ3n) is 3.59. The van der Waals surface area contributed by atoms with Crippen molar-refractivity contribution in [1.29, 1.82) is 0 Å². The number of allylic oxidation sites excluding steroid dienone is 2. The lowest BCUT2D eigenvalue weighted by Crippen LogP contribution is -2.51. The number of rotatable bonds is 8. The third kappa shape index (κ3) is 3.22. The van der Waals surface area contributed by atoms with Crippen LogP contribution in [-0.2, 0) is 9.59 Å². The van der Waals surface area contributed by atoms with Crippen molar-refractivity contribution >= 4 is 11.9 Å². The largest absolute Gasteiger partial charge is 0.480 e. The lowest BCUT2D eigenvalue weighted by molar-refractivity contribution is -0.145. The molecule has 1 saturated carbocycles. The highest BCUT2D eigenvalue weighted by molar-refractivity contribution is 5.88. The van der Waals surface area contributed by atoms with E-state index in [0.717, 1.165) is 19.3 Å². The first-order valence-electron chi connectivity index (χ1n) is 6.31. The Bertz CT molecular complexity index is 345. The molecule has 0 saturated heterocycles. The molecule has 0 heterocycles. The number of hydrogen-bond acceptors (Lipinski definition) is 2. The number of amides is 1. The molecule has 4 heteroatoms. The molecule has 2 N–H and O–H groups in total. The van der Waals surface area contributed by atoms with Gasteiger partial charge in [0.05, 0.1) is 5.41 Å². The second-order valence-electron chi connectivity index (χ2n) is 4.86. The monoisotopic (exact) mass is 251 g/mol. The zero-order chi connectivity index (χ0) is 13.6. The van der Waals surface area contributed by atoms with Crippen molar-refractivity contribution in [3.8, 4) is 0 Å². The first-order valence-corrected chi connectivity index (χ1v) is 6.31. The second kappa shape index (κ2) is 6.38. The van der Waals surface area contributed by atoms with E-state index >= 15 is 0 Å². The van der Waals surface area contributed by atoms with E-state index in [4.69, 9.17) is 5.11 Å². The van der Waals surface area contributed by atoms with Gasteiger partial charge in [-0.05, 0) is 32.1 Å². The van der Waals surface area contributed by atoms with Gasteiger partial charge in [-0.25, -0.2) is 4.79 Å². The van der Waals surface area contributed by atoms with Crippen molar-refractivity contribution < 1.29 is 14.7 Å². The van der Waals surface area contributed by atoms with Gasteiger partial charge >= 0.3 is 5.97 Å². The molecule has 18 heavy (non-hydrogen) atoms. The van der Waals surface area contributed by atoms with E-state index in [9.17, 15) is 9.59 Å². The number of aliphatic carboxylic acids is 1. The summed E-state index contributed by atoms with van der Waals surface area (Å²) in [6, 6.07) is -0.821. The summed E-state index contributed by atoms with van der Waals surface area (Å²) in [5.41, 5.74) is -0.413. The van der Waals surface area contributed by atoms with Crippen LogP contribution in [0, 0.1) is 5.41 Å². The Hall–Kier alpha value is -1.58. The van der Waals surface area contributed by atoms with Gasteiger partial charge < -0.3 is 10.4 Å². The minimum Gasteiger partial charge on any atom is -0.480 e. The average Bonchev–Trinajstić information content (AvgIpc) is 2.28. The van der Waals surface area contributed by atoms with Gasteiger partial charge in [0.15, 0.2) is 0 Å². The molecule has 1 aliphatic rings. The van der Waals surface area contributed by atoms with E-state index in [1.54, 1.807) is 12.2 Å². The van der Waals surface area contributed by atoms with E-state index in [0.29, 0.717) is 19.3 Å². The highest BCUT2D eigenvalue weighted by Gasteiger charge is 2.43. The lowest BCUT2D eigenvalue weighted by atomic mass is 9.66. The maximum Gasteiger partial charge on any atom is 0.326 e. The fourth-order valence-corrected chi connectivity index (χ4v) is 2.26. The number of carboxylic acids is 1. The molecule has 1 unspecified atom stereocenters.